The molecule has 0 aromatic carbocycles. The Morgan fingerprint density at radius 2 is 2.20 bits per heavy atom. The molecule has 4 nitrogen and oxygen atoms in total. The fourth-order valence-electron chi connectivity index (χ4n) is 2.16. The van der Waals surface area contributed by atoms with Crippen molar-refractivity contribution >= 4 is 5.91 Å². The van der Waals surface area contributed by atoms with Gasteiger partial charge in [-0.25, -0.2) is 0 Å². The van der Waals surface area contributed by atoms with Gasteiger partial charge in [0.1, 0.15) is 0 Å². The van der Waals surface area contributed by atoms with Crippen LogP contribution in [0.4, 0.5) is 0 Å². The van der Waals surface area contributed by atoms with Crippen LogP contribution in [0, 0.1) is 5.92 Å². The van der Waals surface area contributed by atoms with E-state index in [0.717, 1.165) is 25.7 Å². The molecule has 1 fully saturated rings. The molecule has 0 unspecified atom stereocenters. The van der Waals surface area contributed by atoms with Gasteiger partial charge in [-0.15, -0.1) is 0 Å². The lowest BCUT2D eigenvalue weighted by Gasteiger charge is -2.28. The Bertz CT molecular complexity index is 196. The third-order valence-corrected chi connectivity index (χ3v) is 2.87. The molecule has 1 rings (SSSR count). The summed E-state index contributed by atoms with van der Waals surface area (Å²) in [7, 11) is 1.67. The van der Waals surface area contributed by atoms with E-state index in [4.69, 9.17) is 15.2 Å². The minimum absolute atomic E-state index is 0.197. The first-order chi connectivity index (χ1) is 7.22. The van der Waals surface area contributed by atoms with E-state index in [9.17, 15) is 4.79 Å². The molecule has 88 valence electrons. The van der Waals surface area contributed by atoms with E-state index in [2.05, 4.69) is 0 Å². The normalized spacial score (nSPS) is 26.5. The Kier molecular flexibility index (Phi) is 5.65. The molecule has 2 N–H and O–H groups in total. The van der Waals surface area contributed by atoms with Crippen molar-refractivity contribution in [2.45, 2.75) is 38.2 Å². The molecule has 0 aromatic heterocycles. The standard InChI is InChI=1S/C11H21NO3/c1-14-5-6-15-10-4-2-3-9(7-10)8-11(12)13/h9-10H,2-8H2,1H3,(H2,12,13)/t9-,10-/m1/s1. The molecule has 0 saturated heterocycles. The molecule has 1 aliphatic carbocycles. The predicted molar refractivity (Wildman–Crippen MR) is 57.4 cm³/mol. The van der Waals surface area contributed by atoms with Gasteiger partial charge in [-0.3, -0.25) is 4.79 Å². The maximum Gasteiger partial charge on any atom is 0.217 e. The molecule has 15 heavy (non-hydrogen) atoms. The minimum Gasteiger partial charge on any atom is -0.382 e. The summed E-state index contributed by atoms with van der Waals surface area (Å²) in [5.74, 6) is 0.223. The molecule has 0 heterocycles. The second kappa shape index (κ2) is 6.80. The molecule has 4 heteroatoms. The van der Waals surface area contributed by atoms with Gasteiger partial charge in [-0.2, -0.15) is 0 Å². The zero-order valence-electron chi connectivity index (χ0n) is 9.41. The number of nitrogens with two attached hydrogens (primary N) is 1. The van der Waals surface area contributed by atoms with E-state index in [-0.39, 0.29) is 5.91 Å². The van der Waals surface area contributed by atoms with Gasteiger partial charge in [0, 0.05) is 13.5 Å². The number of hydrogen-bond donors (Lipinski definition) is 1. The average Bonchev–Trinajstić information content (AvgIpc) is 2.18. The van der Waals surface area contributed by atoms with Crippen molar-refractivity contribution in [3.8, 4) is 0 Å². The second-order valence-electron chi connectivity index (χ2n) is 4.19. The molecular formula is C11H21NO3. The summed E-state index contributed by atoms with van der Waals surface area (Å²) in [5.41, 5.74) is 5.19. The van der Waals surface area contributed by atoms with Gasteiger partial charge >= 0.3 is 0 Å². The molecule has 0 radical (unpaired) electrons. The molecule has 0 aromatic rings. The summed E-state index contributed by atoms with van der Waals surface area (Å²) < 4.78 is 10.6. The van der Waals surface area contributed by atoms with Crippen LogP contribution in [0.25, 0.3) is 0 Å². The smallest absolute Gasteiger partial charge is 0.217 e. The van der Waals surface area contributed by atoms with Crippen molar-refractivity contribution < 1.29 is 14.3 Å². The maximum absolute atomic E-state index is 10.8. The van der Waals surface area contributed by atoms with Gasteiger partial charge in [0.25, 0.3) is 0 Å². The maximum atomic E-state index is 10.8. The van der Waals surface area contributed by atoms with Crippen molar-refractivity contribution in [2.24, 2.45) is 11.7 Å². The summed E-state index contributed by atoms with van der Waals surface area (Å²) >= 11 is 0. The number of methoxy groups -OCH3 is 1. The highest BCUT2D eigenvalue weighted by atomic mass is 16.5. The number of carbonyl (C=O) groups is 1. The van der Waals surface area contributed by atoms with Crippen molar-refractivity contribution in [3.05, 3.63) is 0 Å². The predicted octanol–water partition coefficient (Wildman–Crippen LogP) is 1.08. The van der Waals surface area contributed by atoms with Gasteiger partial charge in [-0.1, -0.05) is 6.42 Å². The summed E-state index contributed by atoms with van der Waals surface area (Å²) in [5, 5.41) is 0. The van der Waals surface area contributed by atoms with Crippen molar-refractivity contribution in [2.75, 3.05) is 20.3 Å². The highest BCUT2D eigenvalue weighted by Gasteiger charge is 2.23. The number of carbonyl (C=O) groups excluding carboxylic acids is 1. The molecule has 1 aliphatic rings. The fraction of sp³-hybridized carbons (Fsp3) is 0.909. The van der Waals surface area contributed by atoms with Gasteiger partial charge in [0.05, 0.1) is 19.3 Å². The third-order valence-electron chi connectivity index (χ3n) is 2.87. The summed E-state index contributed by atoms with van der Waals surface area (Å²) in [6.45, 7) is 1.28. The highest BCUT2D eigenvalue weighted by Crippen LogP contribution is 2.28. The SMILES string of the molecule is COCCO[C@@H]1CCC[C@@H](CC(N)=O)C1. The Hall–Kier alpha value is -0.610. The van der Waals surface area contributed by atoms with Crippen LogP contribution in [-0.4, -0.2) is 32.3 Å². The van der Waals surface area contributed by atoms with Crippen molar-refractivity contribution in [3.63, 3.8) is 0 Å². The van der Waals surface area contributed by atoms with E-state index in [1.165, 1.54) is 0 Å². The molecule has 1 saturated carbocycles. The zero-order valence-corrected chi connectivity index (χ0v) is 9.41. The molecule has 2 atom stereocenters. The second-order valence-corrected chi connectivity index (χ2v) is 4.19. The molecule has 1 amide bonds. The van der Waals surface area contributed by atoms with Crippen LogP contribution in [0.3, 0.4) is 0 Å². The third kappa shape index (κ3) is 5.14. The topological polar surface area (TPSA) is 61.6 Å². The first-order valence-electron chi connectivity index (χ1n) is 5.61. The molecule has 0 aliphatic heterocycles. The Balaban J connectivity index is 2.19. The quantitative estimate of drug-likeness (QED) is 0.674. The van der Waals surface area contributed by atoms with Crippen LogP contribution in [0.2, 0.25) is 0 Å². The Morgan fingerprint density at radius 1 is 1.40 bits per heavy atom. The summed E-state index contributed by atoms with van der Waals surface area (Å²) in [6, 6.07) is 0. The van der Waals surface area contributed by atoms with E-state index in [0.29, 0.717) is 31.7 Å². The van der Waals surface area contributed by atoms with Crippen LogP contribution < -0.4 is 5.73 Å². The largest absolute Gasteiger partial charge is 0.382 e. The van der Waals surface area contributed by atoms with E-state index >= 15 is 0 Å². The first kappa shape index (κ1) is 12.5. The van der Waals surface area contributed by atoms with Crippen molar-refractivity contribution in [1.82, 2.24) is 0 Å². The Labute approximate surface area is 91.1 Å². The van der Waals surface area contributed by atoms with Gasteiger partial charge < -0.3 is 15.2 Å². The van der Waals surface area contributed by atoms with Crippen LogP contribution in [-0.2, 0) is 14.3 Å². The Morgan fingerprint density at radius 3 is 2.87 bits per heavy atom. The lowest BCUT2D eigenvalue weighted by Crippen LogP contribution is -2.27. The van der Waals surface area contributed by atoms with E-state index in [1.54, 1.807) is 7.11 Å². The number of rotatable bonds is 6. The van der Waals surface area contributed by atoms with Crippen LogP contribution in [0.5, 0.6) is 0 Å². The van der Waals surface area contributed by atoms with E-state index in [1.807, 2.05) is 0 Å². The number of primary amides is 1. The van der Waals surface area contributed by atoms with Gasteiger partial charge in [0.15, 0.2) is 0 Å². The van der Waals surface area contributed by atoms with Crippen LogP contribution in [0.1, 0.15) is 32.1 Å². The number of ether oxygens (including phenoxy) is 2. The fourth-order valence-corrected chi connectivity index (χ4v) is 2.16. The average molecular weight is 215 g/mol. The molecule has 0 spiro atoms. The number of hydrogen-bond acceptors (Lipinski definition) is 3. The highest BCUT2D eigenvalue weighted by molar-refractivity contribution is 5.73. The van der Waals surface area contributed by atoms with Gasteiger partial charge in [-0.05, 0) is 25.2 Å². The number of amides is 1. The lowest BCUT2D eigenvalue weighted by molar-refractivity contribution is -0.119. The lowest BCUT2D eigenvalue weighted by atomic mass is 9.85. The van der Waals surface area contributed by atoms with Crippen LogP contribution >= 0.6 is 0 Å². The van der Waals surface area contributed by atoms with Crippen LogP contribution in [0.15, 0.2) is 0 Å². The van der Waals surface area contributed by atoms with E-state index < -0.39 is 0 Å². The molecule has 0 bridgehead atoms. The zero-order chi connectivity index (χ0) is 11.1. The van der Waals surface area contributed by atoms with Crippen molar-refractivity contribution in [1.29, 1.82) is 0 Å². The first-order valence-corrected chi connectivity index (χ1v) is 5.61. The molecular weight excluding hydrogens is 194 g/mol. The van der Waals surface area contributed by atoms with Gasteiger partial charge in [0.2, 0.25) is 5.91 Å². The summed E-state index contributed by atoms with van der Waals surface area (Å²) in [4.78, 5) is 10.8. The minimum atomic E-state index is -0.197. The summed E-state index contributed by atoms with van der Waals surface area (Å²) in [6.07, 6.45) is 5.09. The monoisotopic (exact) mass is 215 g/mol.